The number of nitrogens with one attached hydrogen (secondary N) is 1. The lowest BCUT2D eigenvalue weighted by atomic mass is 10.3. The average molecular weight is 302 g/mol. The van der Waals surface area contributed by atoms with Crippen LogP contribution in [0.15, 0.2) is 24.3 Å². The Hall–Kier alpha value is -1.14. The van der Waals surface area contributed by atoms with Crippen LogP contribution in [0.3, 0.4) is 0 Å². The van der Waals surface area contributed by atoms with Crippen molar-refractivity contribution in [3.63, 3.8) is 0 Å². The zero-order valence-electron chi connectivity index (χ0n) is 12.3. The fourth-order valence-corrected chi connectivity index (χ4v) is 3.48. The summed E-state index contributed by atoms with van der Waals surface area (Å²) in [6.45, 7) is 6.72. The molecule has 1 N–H and O–H groups in total. The van der Waals surface area contributed by atoms with Crippen LogP contribution in [-0.2, 0) is 10.0 Å². The van der Waals surface area contributed by atoms with Crippen LogP contribution in [0, 0.1) is 5.82 Å². The van der Waals surface area contributed by atoms with Crippen LogP contribution in [0.1, 0.15) is 27.2 Å². The molecule has 1 aromatic rings. The molecular formula is C14H23FN2O2S. The highest BCUT2D eigenvalue weighted by Gasteiger charge is 2.20. The van der Waals surface area contributed by atoms with Gasteiger partial charge in [-0.2, -0.15) is 0 Å². The van der Waals surface area contributed by atoms with Crippen molar-refractivity contribution >= 4 is 15.7 Å². The lowest BCUT2D eigenvalue weighted by Crippen LogP contribution is -2.34. The molecule has 1 rings (SSSR count). The van der Waals surface area contributed by atoms with Gasteiger partial charge in [0.1, 0.15) is 5.82 Å². The van der Waals surface area contributed by atoms with E-state index in [1.807, 2.05) is 13.8 Å². The third kappa shape index (κ3) is 5.09. The summed E-state index contributed by atoms with van der Waals surface area (Å²) in [6.07, 6.45) is 0.534. The number of sulfonamides is 1. The van der Waals surface area contributed by atoms with Crippen molar-refractivity contribution in [1.29, 1.82) is 0 Å². The molecule has 0 atom stereocenters. The van der Waals surface area contributed by atoms with Crippen molar-refractivity contribution in [1.82, 2.24) is 5.32 Å². The molecule has 0 aromatic heterocycles. The van der Waals surface area contributed by atoms with Crippen molar-refractivity contribution in [3.8, 4) is 0 Å². The molecule has 0 fully saturated rings. The summed E-state index contributed by atoms with van der Waals surface area (Å²) in [5, 5.41) is 3.18. The molecule has 0 unspecified atom stereocenters. The zero-order chi connectivity index (χ0) is 15.2. The molecule has 0 bridgehead atoms. The smallest absolute Gasteiger partial charge is 0.235 e. The Bertz CT molecular complexity index is 518. The summed E-state index contributed by atoms with van der Waals surface area (Å²) < 4.78 is 39.1. The minimum atomic E-state index is -3.41. The summed E-state index contributed by atoms with van der Waals surface area (Å²) in [7, 11) is -3.41. The van der Waals surface area contributed by atoms with Crippen LogP contribution in [0.2, 0.25) is 0 Å². The van der Waals surface area contributed by atoms with E-state index < -0.39 is 15.8 Å². The van der Waals surface area contributed by atoms with Crippen LogP contribution in [0.4, 0.5) is 10.1 Å². The quantitative estimate of drug-likeness (QED) is 0.750. The van der Waals surface area contributed by atoms with E-state index >= 15 is 0 Å². The SMILES string of the molecule is CCN(c1cccc(F)c1)S(=O)(=O)CCCNC(C)C. The average Bonchev–Trinajstić information content (AvgIpc) is 2.35. The molecule has 0 aliphatic heterocycles. The first-order valence-electron chi connectivity index (χ1n) is 6.86. The highest BCUT2D eigenvalue weighted by molar-refractivity contribution is 7.92. The Morgan fingerprint density at radius 2 is 2.05 bits per heavy atom. The zero-order valence-corrected chi connectivity index (χ0v) is 13.1. The van der Waals surface area contributed by atoms with Gasteiger partial charge in [-0.15, -0.1) is 0 Å². The second-order valence-corrected chi connectivity index (χ2v) is 6.94. The maximum atomic E-state index is 13.2. The third-order valence-corrected chi connectivity index (χ3v) is 4.80. The van der Waals surface area contributed by atoms with Crippen molar-refractivity contribution in [2.75, 3.05) is 23.1 Å². The predicted molar refractivity (Wildman–Crippen MR) is 81.0 cm³/mol. The normalized spacial score (nSPS) is 11.8. The maximum Gasteiger partial charge on any atom is 0.235 e. The van der Waals surface area contributed by atoms with Gasteiger partial charge in [0.05, 0.1) is 11.4 Å². The van der Waals surface area contributed by atoms with Gasteiger partial charge >= 0.3 is 0 Å². The van der Waals surface area contributed by atoms with Gasteiger partial charge in [0.25, 0.3) is 0 Å². The first-order valence-corrected chi connectivity index (χ1v) is 8.47. The summed E-state index contributed by atoms with van der Waals surface area (Å²) in [6, 6.07) is 6.01. The van der Waals surface area contributed by atoms with E-state index in [4.69, 9.17) is 0 Å². The van der Waals surface area contributed by atoms with Crippen LogP contribution < -0.4 is 9.62 Å². The summed E-state index contributed by atoms with van der Waals surface area (Å²) in [5.74, 6) is -0.380. The number of hydrogen-bond acceptors (Lipinski definition) is 3. The third-order valence-electron chi connectivity index (χ3n) is 2.85. The molecule has 0 aliphatic carbocycles. The molecule has 1 aromatic carbocycles. The van der Waals surface area contributed by atoms with Gasteiger partial charge in [-0.3, -0.25) is 4.31 Å². The fraction of sp³-hybridized carbons (Fsp3) is 0.571. The molecule has 0 saturated carbocycles. The largest absolute Gasteiger partial charge is 0.314 e. The van der Waals surface area contributed by atoms with Gasteiger partial charge in [-0.25, -0.2) is 12.8 Å². The molecule has 4 nitrogen and oxygen atoms in total. The van der Waals surface area contributed by atoms with Crippen molar-refractivity contribution < 1.29 is 12.8 Å². The minimum Gasteiger partial charge on any atom is -0.314 e. The predicted octanol–water partition coefficient (Wildman–Crippen LogP) is 2.37. The van der Waals surface area contributed by atoms with Crippen LogP contribution in [-0.4, -0.2) is 33.3 Å². The lowest BCUT2D eigenvalue weighted by Gasteiger charge is -2.23. The number of benzene rings is 1. The van der Waals surface area contributed by atoms with Crippen molar-refractivity contribution in [3.05, 3.63) is 30.1 Å². The van der Waals surface area contributed by atoms with Gasteiger partial charge in [0.15, 0.2) is 0 Å². The first kappa shape index (κ1) is 16.9. The van der Waals surface area contributed by atoms with Gasteiger partial charge in [0, 0.05) is 12.6 Å². The second kappa shape index (κ2) is 7.59. The fourth-order valence-electron chi connectivity index (χ4n) is 1.93. The Labute approximate surface area is 121 Å². The van der Waals surface area contributed by atoms with E-state index in [1.54, 1.807) is 13.0 Å². The summed E-state index contributed by atoms with van der Waals surface area (Å²) in [4.78, 5) is 0. The van der Waals surface area contributed by atoms with Crippen molar-refractivity contribution in [2.45, 2.75) is 33.2 Å². The van der Waals surface area contributed by atoms with E-state index in [0.29, 0.717) is 31.2 Å². The van der Waals surface area contributed by atoms with Crippen LogP contribution in [0.25, 0.3) is 0 Å². The van der Waals surface area contributed by atoms with E-state index in [0.717, 1.165) is 0 Å². The lowest BCUT2D eigenvalue weighted by molar-refractivity contribution is 0.566. The van der Waals surface area contributed by atoms with Gasteiger partial charge in [-0.05, 0) is 38.1 Å². The topological polar surface area (TPSA) is 49.4 Å². The number of nitrogens with zero attached hydrogens (tertiary/aromatic N) is 1. The van der Waals surface area contributed by atoms with Crippen LogP contribution >= 0.6 is 0 Å². The van der Waals surface area contributed by atoms with Gasteiger partial charge in [0.2, 0.25) is 10.0 Å². The van der Waals surface area contributed by atoms with E-state index in [2.05, 4.69) is 5.32 Å². The highest BCUT2D eigenvalue weighted by atomic mass is 32.2. The highest BCUT2D eigenvalue weighted by Crippen LogP contribution is 2.19. The molecule has 0 heterocycles. The van der Waals surface area contributed by atoms with Crippen LogP contribution in [0.5, 0.6) is 0 Å². The maximum absolute atomic E-state index is 13.2. The standard InChI is InChI=1S/C14H23FN2O2S/c1-4-17(14-8-5-7-13(15)11-14)20(18,19)10-6-9-16-12(2)3/h5,7-8,11-12,16H,4,6,9-10H2,1-3H3. The summed E-state index contributed by atoms with van der Waals surface area (Å²) in [5.41, 5.74) is 0.379. The van der Waals surface area contributed by atoms with E-state index in [9.17, 15) is 12.8 Å². The number of halogens is 1. The molecule has 0 radical (unpaired) electrons. The second-order valence-electron chi connectivity index (χ2n) is 4.92. The Morgan fingerprint density at radius 1 is 1.35 bits per heavy atom. The number of anilines is 1. The molecular weight excluding hydrogens is 279 g/mol. The van der Waals surface area contributed by atoms with E-state index in [-0.39, 0.29) is 5.75 Å². The number of hydrogen-bond donors (Lipinski definition) is 1. The molecule has 0 saturated heterocycles. The summed E-state index contributed by atoms with van der Waals surface area (Å²) >= 11 is 0. The Morgan fingerprint density at radius 3 is 2.60 bits per heavy atom. The molecule has 6 heteroatoms. The molecule has 0 aliphatic rings. The van der Waals surface area contributed by atoms with Gasteiger partial charge < -0.3 is 5.32 Å². The first-order chi connectivity index (χ1) is 9.36. The minimum absolute atomic E-state index is 0.0527. The molecule has 114 valence electrons. The van der Waals surface area contributed by atoms with Gasteiger partial charge in [-0.1, -0.05) is 19.9 Å². The molecule has 0 spiro atoms. The molecule has 20 heavy (non-hydrogen) atoms. The van der Waals surface area contributed by atoms with E-state index in [1.165, 1.54) is 22.5 Å². The van der Waals surface area contributed by atoms with Crippen molar-refractivity contribution in [2.24, 2.45) is 0 Å². The monoisotopic (exact) mass is 302 g/mol. The Kier molecular flexibility index (Phi) is 6.42. The molecule has 0 amide bonds. The number of rotatable bonds is 8. The Balaban J connectivity index is 2.72.